The number of hydrogen-bond donors (Lipinski definition) is 2. The van der Waals surface area contributed by atoms with Crippen LogP contribution in [0.5, 0.6) is 0 Å². The molecule has 0 aliphatic carbocycles. The first-order valence-electron chi connectivity index (χ1n) is 6.30. The van der Waals surface area contributed by atoms with E-state index in [1.165, 1.54) is 0 Å². The summed E-state index contributed by atoms with van der Waals surface area (Å²) in [5.74, 6) is -0.0868. The van der Waals surface area contributed by atoms with Gasteiger partial charge in [-0.2, -0.15) is 0 Å². The van der Waals surface area contributed by atoms with Crippen molar-refractivity contribution in [3.05, 3.63) is 35.9 Å². The molecule has 100 valence electrons. The fourth-order valence-corrected chi connectivity index (χ4v) is 1.67. The summed E-state index contributed by atoms with van der Waals surface area (Å²) in [4.78, 5) is 11.7. The van der Waals surface area contributed by atoms with E-state index in [0.717, 1.165) is 25.0 Å². The highest BCUT2D eigenvalue weighted by Crippen LogP contribution is 2.01. The molecule has 0 aliphatic rings. The molecule has 18 heavy (non-hydrogen) atoms. The normalized spacial score (nSPS) is 12.1. The van der Waals surface area contributed by atoms with Crippen LogP contribution in [0.1, 0.15) is 18.4 Å². The summed E-state index contributed by atoms with van der Waals surface area (Å²) in [6.45, 7) is 1.39. The number of hydrogen-bond acceptors (Lipinski definition) is 3. The van der Waals surface area contributed by atoms with Crippen molar-refractivity contribution in [2.24, 2.45) is 5.73 Å². The van der Waals surface area contributed by atoms with Crippen LogP contribution in [0.2, 0.25) is 0 Å². The van der Waals surface area contributed by atoms with Crippen molar-refractivity contribution in [1.82, 2.24) is 5.32 Å². The van der Waals surface area contributed by atoms with Gasteiger partial charge in [0.1, 0.15) is 0 Å². The zero-order chi connectivity index (χ0) is 13.2. The summed E-state index contributed by atoms with van der Waals surface area (Å²) in [5, 5.41) is 2.84. The van der Waals surface area contributed by atoms with Crippen molar-refractivity contribution in [2.45, 2.75) is 25.3 Å². The van der Waals surface area contributed by atoms with Crippen molar-refractivity contribution in [3.63, 3.8) is 0 Å². The Morgan fingerprint density at radius 2 is 2.06 bits per heavy atom. The molecule has 3 N–H and O–H groups in total. The maximum Gasteiger partial charge on any atom is 0.237 e. The van der Waals surface area contributed by atoms with Gasteiger partial charge in [-0.05, 0) is 24.8 Å². The lowest BCUT2D eigenvalue weighted by Crippen LogP contribution is -2.42. The van der Waals surface area contributed by atoms with Gasteiger partial charge in [-0.3, -0.25) is 4.79 Å². The maximum atomic E-state index is 11.7. The Kier molecular flexibility index (Phi) is 7.06. The molecule has 0 aliphatic heterocycles. The quantitative estimate of drug-likeness (QED) is 0.679. The fraction of sp³-hybridized carbons (Fsp3) is 0.500. The van der Waals surface area contributed by atoms with E-state index in [9.17, 15) is 4.79 Å². The molecule has 0 fully saturated rings. The first kappa shape index (κ1) is 14.7. The number of unbranched alkanes of at least 4 members (excludes halogenated alkanes) is 1. The molecule has 0 saturated heterocycles. The molecule has 4 nitrogen and oxygen atoms in total. The van der Waals surface area contributed by atoms with E-state index in [-0.39, 0.29) is 5.91 Å². The second-order valence-electron chi connectivity index (χ2n) is 4.29. The lowest BCUT2D eigenvalue weighted by molar-refractivity contribution is -0.122. The van der Waals surface area contributed by atoms with E-state index in [4.69, 9.17) is 10.5 Å². The zero-order valence-electron chi connectivity index (χ0n) is 10.9. The number of nitrogens with two attached hydrogens (primary N) is 1. The van der Waals surface area contributed by atoms with Gasteiger partial charge in [0.2, 0.25) is 5.91 Å². The Morgan fingerprint density at radius 1 is 1.33 bits per heavy atom. The minimum Gasteiger partial charge on any atom is -0.385 e. The molecule has 0 aromatic heterocycles. The van der Waals surface area contributed by atoms with Crippen LogP contribution in [-0.2, 0) is 16.0 Å². The molecule has 1 atom stereocenters. The Bertz CT molecular complexity index is 341. The molecule has 0 radical (unpaired) electrons. The average molecular weight is 250 g/mol. The Labute approximate surface area is 109 Å². The Balaban J connectivity index is 2.21. The molecule has 1 rings (SSSR count). The van der Waals surface area contributed by atoms with Crippen molar-refractivity contribution < 1.29 is 9.53 Å². The SMILES string of the molecule is COCCCCNC(=O)[C@@H](N)Cc1ccccc1. The standard InChI is InChI=1S/C14H22N2O2/c1-18-10-6-5-9-16-14(17)13(15)11-12-7-3-2-4-8-12/h2-4,7-8,13H,5-6,9-11,15H2,1H3,(H,16,17)/t13-/m0/s1. The van der Waals surface area contributed by atoms with Crippen molar-refractivity contribution >= 4 is 5.91 Å². The molecule has 1 amide bonds. The summed E-state index contributed by atoms with van der Waals surface area (Å²) in [7, 11) is 1.67. The lowest BCUT2D eigenvalue weighted by atomic mass is 10.1. The van der Waals surface area contributed by atoms with Gasteiger partial charge in [0, 0.05) is 20.3 Å². The lowest BCUT2D eigenvalue weighted by Gasteiger charge is -2.12. The van der Waals surface area contributed by atoms with Gasteiger partial charge in [0.05, 0.1) is 6.04 Å². The highest BCUT2D eigenvalue weighted by atomic mass is 16.5. The molecule has 0 bridgehead atoms. The number of amides is 1. The van der Waals surface area contributed by atoms with E-state index < -0.39 is 6.04 Å². The van der Waals surface area contributed by atoms with Gasteiger partial charge in [0.15, 0.2) is 0 Å². The van der Waals surface area contributed by atoms with Gasteiger partial charge < -0.3 is 15.8 Å². The molecule has 0 unspecified atom stereocenters. The predicted octanol–water partition coefficient (Wildman–Crippen LogP) is 1.10. The van der Waals surface area contributed by atoms with Crippen LogP contribution in [-0.4, -0.2) is 32.2 Å². The smallest absolute Gasteiger partial charge is 0.237 e. The highest BCUT2D eigenvalue weighted by Gasteiger charge is 2.12. The number of carbonyl (C=O) groups excluding carboxylic acids is 1. The van der Waals surface area contributed by atoms with Crippen molar-refractivity contribution in [3.8, 4) is 0 Å². The molecular formula is C14H22N2O2. The molecule has 1 aromatic rings. The minimum atomic E-state index is -0.477. The van der Waals surface area contributed by atoms with E-state index in [1.807, 2.05) is 30.3 Å². The summed E-state index contributed by atoms with van der Waals surface area (Å²) < 4.78 is 4.94. The first-order chi connectivity index (χ1) is 8.74. The number of rotatable bonds is 8. The van der Waals surface area contributed by atoms with E-state index in [0.29, 0.717) is 13.0 Å². The van der Waals surface area contributed by atoms with Crippen LogP contribution < -0.4 is 11.1 Å². The minimum absolute atomic E-state index is 0.0868. The third-order valence-corrected chi connectivity index (χ3v) is 2.71. The van der Waals surface area contributed by atoms with E-state index in [2.05, 4.69) is 5.32 Å². The molecule has 0 heterocycles. The third-order valence-electron chi connectivity index (χ3n) is 2.71. The number of ether oxygens (including phenoxy) is 1. The van der Waals surface area contributed by atoms with Gasteiger partial charge in [0.25, 0.3) is 0 Å². The fourth-order valence-electron chi connectivity index (χ4n) is 1.67. The van der Waals surface area contributed by atoms with Crippen LogP contribution in [0.3, 0.4) is 0 Å². The predicted molar refractivity (Wildman–Crippen MR) is 72.2 cm³/mol. The van der Waals surface area contributed by atoms with Crippen molar-refractivity contribution in [2.75, 3.05) is 20.3 Å². The zero-order valence-corrected chi connectivity index (χ0v) is 10.9. The maximum absolute atomic E-state index is 11.7. The summed E-state index contributed by atoms with van der Waals surface area (Å²) in [6.07, 6.45) is 2.44. The van der Waals surface area contributed by atoms with Gasteiger partial charge in [-0.25, -0.2) is 0 Å². The number of methoxy groups -OCH3 is 1. The van der Waals surface area contributed by atoms with Crippen LogP contribution in [0.15, 0.2) is 30.3 Å². The third kappa shape index (κ3) is 5.80. The molecular weight excluding hydrogens is 228 g/mol. The van der Waals surface area contributed by atoms with Crippen LogP contribution in [0.4, 0.5) is 0 Å². The topological polar surface area (TPSA) is 64.3 Å². The van der Waals surface area contributed by atoms with Gasteiger partial charge in [-0.1, -0.05) is 30.3 Å². The van der Waals surface area contributed by atoms with Crippen LogP contribution in [0, 0.1) is 0 Å². The van der Waals surface area contributed by atoms with Gasteiger partial charge >= 0.3 is 0 Å². The summed E-state index contributed by atoms with van der Waals surface area (Å²) in [6, 6.07) is 9.33. The number of nitrogens with one attached hydrogen (secondary N) is 1. The number of carbonyl (C=O) groups is 1. The Hall–Kier alpha value is -1.39. The molecule has 0 spiro atoms. The van der Waals surface area contributed by atoms with E-state index in [1.54, 1.807) is 7.11 Å². The molecule has 0 saturated carbocycles. The second-order valence-corrected chi connectivity index (χ2v) is 4.29. The van der Waals surface area contributed by atoms with E-state index >= 15 is 0 Å². The summed E-state index contributed by atoms with van der Waals surface area (Å²) >= 11 is 0. The molecule has 1 aromatic carbocycles. The monoisotopic (exact) mass is 250 g/mol. The van der Waals surface area contributed by atoms with Crippen molar-refractivity contribution in [1.29, 1.82) is 0 Å². The number of benzene rings is 1. The summed E-state index contributed by atoms with van der Waals surface area (Å²) in [5.41, 5.74) is 6.94. The Morgan fingerprint density at radius 3 is 2.72 bits per heavy atom. The first-order valence-corrected chi connectivity index (χ1v) is 6.30. The highest BCUT2D eigenvalue weighted by molar-refractivity contribution is 5.81. The second kappa shape index (κ2) is 8.66. The molecule has 4 heteroatoms. The average Bonchev–Trinajstić information content (AvgIpc) is 2.39. The van der Waals surface area contributed by atoms with Gasteiger partial charge in [-0.15, -0.1) is 0 Å². The van der Waals surface area contributed by atoms with Crippen LogP contribution >= 0.6 is 0 Å². The van der Waals surface area contributed by atoms with Crippen LogP contribution in [0.25, 0.3) is 0 Å². The largest absolute Gasteiger partial charge is 0.385 e.